The fourth-order valence-corrected chi connectivity index (χ4v) is 3.11. The molecule has 2 heteroatoms. The highest BCUT2D eigenvalue weighted by molar-refractivity contribution is 5.92. The van der Waals surface area contributed by atoms with Crippen molar-refractivity contribution >= 4 is 5.91 Å². The monoisotopic (exact) mass is 309 g/mol. The fraction of sp³-hybridized carbons (Fsp3) is 0.850. The second-order valence-corrected chi connectivity index (χ2v) is 7.11. The number of unbranched alkanes of at least 4 members (excludes halogenated alkanes) is 5. The zero-order chi connectivity index (χ0) is 17.0. The lowest BCUT2D eigenvalue weighted by atomic mass is 9.81. The first-order valence-electron chi connectivity index (χ1n) is 9.40. The summed E-state index contributed by atoms with van der Waals surface area (Å²) >= 11 is 0. The highest BCUT2D eigenvalue weighted by Crippen LogP contribution is 2.26. The molecule has 1 N–H and O–H groups in total. The van der Waals surface area contributed by atoms with Crippen LogP contribution in [0.25, 0.3) is 0 Å². The Morgan fingerprint density at radius 1 is 0.955 bits per heavy atom. The summed E-state index contributed by atoms with van der Waals surface area (Å²) in [6.45, 7) is 14.6. The predicted molar refractivity (Wildman–Crippen MR) is 98.0 cm³/mol. The number of amides is 1. The van der Waals surface area contributed by atoms with Crippen LogP contribution in [0, 0.1) is 11.8 Å². The highest BCUT2D eigenvalue weighted by atomic mass is 16.1. The van der Waals surface area contributed by atoms with Crippen LogP contribution in [0.1, 0.15) is 92.4 Å². The summed E-state index contributed by atoms with van der Waals surface area (Å²) in [5.74, 6) is 1.22. The van der Waals surface area contributed by atoms with Crippen LogP contribution in [0.15, 0.2) is 12.2 Å². The van der Waals surface area contributed by atoms with Gasteiger partial charge in [0.05, 0.1) is 0 Å². The van der Waals surface area contributed by atoms with Crippen molar-refractivity contribution in [1.29, 1.82) is 0 Å². The van der Waals surface area contributed by atoms with Crippen LogP contribution in [0.5, 0.6) is 0 Å². The largest absolute Gasteiger partial charge is 0.349 e. The third-order valence-corrected chi connectivity index (χ3v) is 4.59. The molecule has 0 aromatic carbocycles. The minimum Gasteiger partial charge on any atom is -0.349 e. The molecule has 0 aliphatic heterocycles. The van der Waals surface area contributed by atoms with E-state index in [4.69, 9.17) is 0 Å². The molecule has 0 aromatic heterocycles. The van der Waals surface area contributed by atoms with E-state index in [0.717, 1.165) is 6.42 Å². The molecule has 0 fully saturated rings. The number of hydrogen-bond acceptors (Lipinski definition) is 1. The van der Waals surface area contributed by atoms with Gasteiger partial charge in [0.15, 0.2) is 0 Å². The van der Waals surface area contributed by atoms with Crippen molar-refractivity contribution in [3.05, 3.63) is 12.2 Å². The van der Waals surface area contributed by atoms with E-state index in [2.05, 4.69) is 39.6 Å². The van der Waals surface area contributed by atoms with Gasteiger partial charge in [0.1, 0.15) is 0 Å². The Bertz CT molecular complexity index is 309. The second kappa shape index (κ2) is 12.7. The highest BCUT2D eigenvalue weighted by Gasteiger charge is 2.25. The minimum absolute atomic E-state index is 0.0284. The zero-order valence-corrected chi connectivity index (χ0v) is 15.7. The van der Waals surface area contributed by atoms with Gasteiger partial charge in [-0.2, -0.15) is 0 Å². The van der Waals surface area contributed by atoms with Crippen LogP contribution < -0.4 is 5.32 Å². The maximum atomic E-state index is 12.1. The lowest BCUT2D eigenvalue weighted by Crippen LogP contribution is -2.42. The van der Waals surface area contributed by atoms with Crippen molar-refractivity contribution in [2.75, 3.05) is 0 Å². The third-order valence-electron chi connectivity index (χ3n) is 4.59. The Kier molecular flexibility index (Phi) is 12.3. The van der Waals surface area contributed by atoms with E-state index in [-0.39, 0.29) is 5.91 Å². The molecule has 2 nitrogen and oxygen atoms in total. The molecule has 0 spiro atoms. The summed E-state index contributed by atoms with van der Waals surface area (Å²) < 4.78 is 0. The van der Waals surface area contributed by atoms with Crippen molar-refractivity contribution in [2.45, 2.75) is 98.4 Å². The van der Waals surface area contributed by atoms with E-state index in [9.17, 15) is 4.79 Å². The smallest absolute Gasteiger partial charge is 0.246 e. The molecule has 0 aliphatic carbocycles. The van der Waals surface area contributed by atoms with E-state index in [0.29, 0.717) is 23.5 Å². The predicted octanol–water partition coefficient (Wildman–Crippen LogP) is 5.87. The van der Waals surface area contributed by atoms with Crippen LogP contribution in [-0.2, 0) is 4.79 Å². The van der Waals surface area contributed by atoms with E-state index in [1.165, 1.54) is 51.4 Å². The quantitative estimate of drug-likeness (QED) is 0.334. The number of carbonyl (C=O) groups excluding carboxylic acids is 1. The molecule has 0 rings (SSSR count). The number of rotatable bonds is 13. The van der Waals surface area contributed by atoms with Crippen LogP contribution in [-0.4, -0.2) is 11.9 Å². The Morgan fingerprint density at radius 2 is 1.50 bits per heavy atom. The maximum Gasteiger partial charge on any atom is 0.246 e. The number of hydrogen-bond donors (Lipinski definition) is 1. The minimum atomic E-state index is 0.0284. The van der Waals surface area contributed by atoms with E-state index in [1.807, 2.05) is 0 Å². The van der Waals surface area contributed by atoms with Crippen molar-refractivity contribution in [3.63, 3.8) is 0 Å². The van der Waals surface area contributed by atoms with Gasteiger partial charge >= 0.3 is 0 Å². The van der Waals surface area contributed by atoms with Crippen molar-refractivity contribution in [3.8, 4) is 0 Å². The number of nitrogens with one attached hydrogen (secondary N) is 1. The van der Waals surface area contributed by atoms with Crippen LogP contribution in [0.3, 0.4) is 0 Å². The lowest BCUT2D eigenvalue weighted by molar-refractivity contribution is -0.118. The summed E-state index contributed by atoms with van der Waals surface area (Å²) in [5.41, 5.74) is 0.619. The third kappa shape index (κ3) is 9.27. The average molecular weight is 310 g/mol. The molecular weight excluding hydrogens is 270 g/mol. The first kappa shape index (κ1) is 21.2. The molecule has 2 unspecified atom stereocenters. The van der Waals surface area contributed by atoms with Crippen molar-refractivity contribution in [2.24, 2.45) is 11.8 Å². The van der Waals surface area contributed by atoms with Crippen LogP contribution in [0.4, 0.5) is 0 Å². The average Bonchev–Trinajstić information content (AvgIpc) is 2.46. The zero-order valence-electron chi connectivity index (χ0n) is 15.7. The SMILES string of the molecule is C=C(C)C(=O)NC(CCCCC)C(CCCCCC)C(C)C. The fourth-order valence-electron chi connectivity index (χ4n) is 3.11. The molecule has 0 radical (unpaired) electrons. The first-order chi connectivity index (χ1) is 10.4. The van der Waals surface area contributed by atoms with E-state index in [1.54, 1.807) is 6.92 Å². The molecule has 0 saturated heterocycles. The first-order valence-corrected chi connectivity index (χ1v) is 9.40. The van der Waals surface area contributed by atoms with Gasteiger partial charge in [-0.15, -0.1) is 0 Å². The topological polar surface area (TPSA) is 29.1 Å². The molecule has 0 bridgehead atoms. The van der Waals surface area contributed by atoms with Gasteiger partial charge in [0.25, 0.3) is 0 Å². The second-order valence-electron chi connectivity index (χ2n) is 7.11. The van der Waals surface area contributed by atoms with Crippen LogP contribution >= 0.6 is 0 Å². The van der Waals surface area contributed by atoms with E-state index >= 15 is 0 Å². The van der Waals surface area contributed by atoms with Crippen molar-refractivity contribution in [1.82, 2.24) is 5.32 Å². The van der Waals surface area contributed by atoms with Gasteiger partial charge < -0.3 is 5.32 Å². The van der Waals surface area contributed by atoms with Crippen LogP contribution in [0.2, 0.25) is 0 Å². The molecule has 130 valence electrons. The molecule has 1 amide bonds. The summed E-state index contributed by atoms with van der Waals surface area (Å²) in [6, 6.07) is 0.303. The normalized spacial score (nSPS) is 13.9. The summed E-state index contributed by atoms with van der Waals surface area (Å²) in [4.78, 5) is 12.1. The molecule has 0 aliphatic rings. The van der Waals surface area contributed by atoms with Gasteiger partial charge in [-0.05, 0) is 31.6 Å². The summed E-state index contributed by atoms with van der Waals surface area (Å²) in [6.07, 6.45) is 11.2. The van der Waals surface area contributed by atoms with Gasteiger partial charge in [-0.1, -0.05) is 79.2 Å². The van der Waals surface area contributed by atoms with Gasteiger partial charge in [-0.3, -0.25) is 4.79 Å². The molecular formula is C20H39NO. The molecule has 2 atom stereocenters. The molecule has 0 saturated carbocycles. The molecule has 22 heavy (non-hydrogen) atoms. The van der Waals surface area contributed by atoms with E-state index < -0.39 is 0 Å². The summed E-state index contributed by atoms with van der Waals surface area (Å²) in [7, 11) is 0. The van der Waals surface area contributed by atoms with Crippen molar-refractivity contribution < 1.29 is 4.79 Å². The van der Waals surface area contributed by atoms with Gasteiger partial charge in [0.2, 0.25) is 5.91 Å². The van der Waals surface area contributed by atoms with Gasteiger partial charge in [0, 0.05) is 11.6 Å². The van der Waals surface area contributed by atoms with Gasteiger partial charge in [-0.25, -0.2) is 0 Å². The number of carbonyl (C=O) groups is 1. The Hall–Kier alpha value is -0.790. The Balaban J connectivity index is 4.70. The Labute approximate surface area is 139 Å². The standard InChI is InChI=1S/C20H39NO/c1-7-9-11-13-14-18(16(3)4)19(15-12-10-8-2)21-20(22)17(5)6/h16,18-19H,5,7-15H2,1-4,6H3,(H,21,22). The Morgan fingerprint density at radius 3 is 2.00 bits per heavy atom. The molecule has 0 aromatic rings. The lowest BCUT2D eigenvalue weighted by Gasteiger charge is -2.31. The molecule has 0 heterocycles. The maximum absolute atomic E-state index is 12.1. The summed E-state index contributed by atoms with van der Waals surface area (Å²) in [5, 5.41) is 3.26.